The molecule has 0 saturated heterocycles. The van der Waals surface area contributed by atoms with Gasteiger partial charge in [-0.3, -0.25) is 24.7 Å². The van der Waals surface area contributed by atoms with E-state index in [1.54, 1.807) is 31.3 Å². The molecule has 31 heavy (non-hydrogen) atoms. The fourth-order valence-corrected chi connectivity index (χ4v) is 3.11. The molecule has 9 nitrogen and oxygen atoms in total. The van der Waals surface area contributed by atoms with Crippen LogP contribution in [0.5, 0.6) is 0 Å². The molecular weight excluding hydrogens is 398 g/mol. The van der Waals surface area contributed by atoms with Crippen LogP contribution in [0.2, 0.25) is 0 Å². The lowest BCUT2D eigenvalue weighted by molar-refractivity contribution is -0.384. The third-order valence-electron chi connectivity index (χ3n) is 4.71. The standard InChI is InChI=1S/C22H21N5O4/c1-13-11-16(7-8-17(13)21(23)28)26-22(29)15-6-9-19(20(12-15)27(30)31)25-14(2)18-5-3-4-10-24-18/h3-12,14,25H,1-2H3,(H2,23,28)(H,26,29). The van der Waals surface area contributed by atoms with Crippen molar-refractivity contribution in [1.29, 1.82) is 0 Å². The summed E-state index contributed by atoms with van der Waals surface area (Å²) in [6.07, 6.45) is 1.65. The Kier molecular flexibility index (Phi) is 6.25. The number of primary amides is 1. The number of nitrogens with zero attached hydrogens (tertiary/aromatic N) is 2. The van der Waals surface area contributed by atoms with Crippen molar-refractivity contribution in [3.63, 3.8) is 0 Å². The molecule has 0 fully saturated rings. The van der Waals surface area contributed by atoms with Crippen LogP contribution in [-0.4, -0.2) is 21.7 Å². The van der Waals surface area contributed by atoms with Crippen LogP contribution in [0.1, 0.15) is 44.9 Å². The van der Waals surface area contributed by atoms with Gasteiger partial charge in [0.2, 0.25) is 5.91 Å². The molecule has 3 aromatic rings. The van der Waals surface area contributed by atoms with Crippen LogP contribution < -0.4 is 16.4 Å². The van der Waals surface area contributed by atoms with Gasteiger partial charge in [-0.2, -0.15) is 0 Å². The van der Waals surface area contributed by atoms with E-state index in [0.29, 0.717) is 16.8 Å². The second-order valence-corrected chi connectivity index (χ2v) is 6.96. The zero-order valence-corrected chi connectivity index (χ0v) is 17.0. The Labute approximate surface area is 178 Å². The minimum atomic E-state index is -0.561. The second kappa shape index (κ2) is 9.04. The summed E-state index contributed by atoms with van der Waals surface area (Å²) >= 11 is 0. The van der Waals surface area contributed by atoms with Gasteiger partial charge in [0.05, 0.1) is 16.7 Å². The van der Waals surface area contributed by atoms with Crippen molar-refractivity contribution in [2.24, 2.45) is 5.73 Å². The highest BCUT2D eigenvalue weighted by molar-refractivity contribution is 6.05. The predicted molar refractivity (Wildman–Crippen MR) is 117 cm³/mol. The number of nitrogens with one attached hydrogen (secondary N) is 2. The Bertz CT molecular complexity index is 1150. The molecule has 1 aromatic heterocycles. The van der Waals surface area contributed by atoms with Crippen molar-refractivity contribution in [3.05, 3.63) is 93.3 Å². The van der Waals surface area contributed by atoms with Gasteiger partial charge in [-0.05, 0) is 61.9 Å². The molecule has 2 amide bonds. The van der Waals surface area contributed by atoms with Crippen LogP contribution in [0.25, 0.3) is 0 Å². The fraction of sp³-hybridized carbons (Fsp3) is 0.136. The van der Waals surface area contributed by atoms with Gasteiger partial charge < -0.3 is 16.4 Å². The third-order valence-corrected chi connectivity index (χ3v) is 4.71. The number of amides is 2. The van der Waals surface area contributed by atoms with Crippen LogP contribution >= 0.6 is 0 Å². The molecule has 1 unspecified atom stereocenters. The minimum absolute atomic E-state index is 0.124. The number of aryl methyl sites for hydroxylation is 1. The largest absolute Gasteiger partial charge is 0.371 e. The smallest absolute Gasteiger partial charge is 0.293 e. The molecule has 3 rings (SSSR count). The van der Waals surface area contributed by atoms with Crippen LogP contribution in [0.4, 0.5) is 17.1 Å². The topological polar surface area (TPSA) is 140 Å². The molecule has 1 heterocycles. The fourth-order valence-electron chi connectivity index (χ4n) is 3.11. The van der Waals surface area contributed by atoms with Gasteiger partial charge in [0.15, 0.2) is 0 Å². The van der Waals surface area contributed by atoms with Crippen LogP contribution in [-0.2, 0) is 0 Å². The van der Waals surface area contributed by atoms with Gasteiger partial charge in [-0.1, -0.05) is 6.07 Å². The Balaban J connectivity index is 1.81. The average molecular weight is 419 g/mol. The average Bonchev–Trinajstić information content (AvgIpc) is 2.74. The molecule has 1 atom stereocenters. The SMILES string of the molecule is Cc1cc(NC(=O)c2ccc(NC(C)c3ccccn3)c([N+](=O)[O-])c2)ccc1C(N)=O. The van der Waals surface area contributed by atoms with Gasteiger partial charge in [-0.15, -0.1) is 0 Å². The summed E-state index contributed by atoms with van der Waals surface area (Å²) in [6, 6.07) is 14.0. The number of aromatic nitrogens is 1. The van der Waals surface area contributed by atoms with E-state index < -0.39 is 16.7 Å². The number of benzene rings is 2. The highest BCUT2D eigenvalue weighted by Gasteiger charge is 2.20. The lowest BCUT2D eigenvalue weighted by Crippen LogP contribution is -2.15. The molecule has 158 valence electrons. The van der Waals surface area contributed by atoms with Crippen molar-refractivity contribution >= 4 is 28.9 Å². The molecular formula is C22H21N5O4. The highest BCUT2D eigenvalue weighted by Crippen LogP contribution is 2.29. The van der Waals surface area contributed by atoms with Crippen molar-refractivity contribution < 1.29 is 14.5 Å². The van der Waals surface area contributed by atoms with Crippen molar-refractivity contribution in [3.8, 4) is 0 Å². The van der Waals surface area contributed by atoms with E-state index in [2.05, 4.69) is 15.6 Å². The zero-order chi connectivity index (χ0) is 22.5. The molecule has 0 spiro atoms. The Morgan fingerprint density at radius 1 is 1.13 bits per heavy atom. The summed E-state index contributed by atoms with van der Waals surface area (Å²) in [4.78, 5) is 39.2. The summed E-state index contributed by atoms with van der Waals surface area (Å²) in [5, 5.41) is 17.3. The van der Waals surface area contributed by atoms with Crippen molar-refractivity contribution in [2.75, 3.05) is 10.6 Å². The van der Waals surface area contributed by atoms with E-state index >= 15 is 0 Å². The maximum absolute atomic E-state index is 12.6. The zero-order valence-electron chi connectivity index (χ0n) is 17.0. The predicted octanol–water partition coefficient (Wildman–Crippen LogP) is 3.82. The van der Waals surface area contributed by atoms with Gasteiger partial charge >= 0.3 is 0 Å². The molecule has 0 saturated carbocycles. The Morgan fingerprint density at radius 3 is 2.52 bits per heavy atom. The molecule has 0 aliphatic rings. The summed E-state index contributed by atoms with van der Waals surface area (Å²) in [5.74, 6) is -1.08. The van der Waals surface area contributed by atoms with Crippen LogP contribution in [0, 0.1) is 17.0 Å². The third kappa shape index (κ3) is 5.02. The van der Waals surface area contributed by atoms with E-state index in [-0.39, 0.29) is 23.0 Å². The molecule has 0 aliphatic carbocycles. The first-order valence-corrected chi connectivity index (χ1v) is 9.44. The number of hydrogen-bond donors (Lipinski definition) is 3. The number of nitro groups is 1. The number of anilines is 2. The minimum Gasteiger partial charge on any atom is -0.371 e. The number of rotatable bonds is 7. The Hall–Kier alpha value is -4.27. The van der Waals surface area contributed by atoms with Gasteiger partial charge in [0.1, 0.15) is 5.69 Å². The molecule has 4 N–H and O–H groups in total. The lowest BCUT2D eigenvalue weighted by Gasteiger charge is -2.15. The van der Waals surface area contributed by atoms with E-state index in [9.17, 15) is 19.7 Å². The maximum Gasteiger partial charge on any atom is 0.293 e. The van der Waals surface area contributed by atoms with E-state index in [4.69, 9.17) is 5.73 Å². The normalized spacial score (nSPS) is 11.4. The monoisotopic (exact) mass is 419 g/mol. The first kappa shape index (κ1) is 21.4. The molecule has 2 aromatic carbocycles. The summed E-state index contributed by atoms with van der Waals surface area (Å²) in [7, 11) is 0. The number of pyridine rings is 1. The summed E-state index contributed by atoms with van der Waals surface area (Å²) in [5.41, 5.74) is 7.60. The highest BCUT2D eigenvalue weighted by atomic mass is 16.6. The number of carbonyl (C=O) groups excluding carboxylic acids is 2. The van der Waals surface area contributed by atoms with Crippen molar-refractivity contribution in [1.82, 2.24) is 4.98 Å². The molecule has 0 aliphatic heterocycles. The first-order chi connectivity index (χ1) is 14.8. The van der Waals surface area contributed by atoms with E-state index in [1.165, 1.54) is 24.3 Å². The van der Waals surface area contributed by atoms with E-state index in [0.717, 1.165) is 5.69 Å². The van der Waals surface area contributed by atoms with Gasteiger partial charge in [-0.25, -0.2) is 0 Å². The Morgan fingerprint density at radius 2 is 1.90 bits per heavy atom. The van der Waals surface area contributed by atoms with E-state index in [1.807, 2.05) is 19.1 Å². The summed E-state index contributed by atoms with van der Waals surface area (Å²) in [6.45, 7) is 3.54. The van der Waals surface area contributed by atoms with Gasteiger partial charge in [0, 0.05) is 29.1 Å². The number of nitrogens with two attached hydrogens (primary N) is 1. The molecule has 0 bridgehead atoms. The molecule has 9 heteroatoms. The second-order valence-electron chi connectivity index (χ2n) is 6.96. The van der Waals surface area contributed by atoms with Crippen LogP contribution in [0.3, 0.4) is 0 Å². The number of nitro benzene ring substituents is 1. The lowest BCUT2D eigenvalue weighted by atomic mass is 10.1. The summed E-state index contributed by atoms with van der Waals surface area (Å²) < 4.78 is 0. The number of carbonyl (C=O) groups is 2. The first-order valence-electron chi connectivity index (χ1n) is 9.44. The van der Waals surface area contributed by atoms with Crippen LogP contribution in [0.15, 0.2) is 60.8 Å². The van der Waals surface area contributed by atoms with Gasteiger partial charge in [0.25, 0.3) is 11.6 Å². The number of hydrogen-bond acceptors (Lipinski definition) is 6. The molecule has 0 radical (unpaired) electrons. The van der Waals surface area contributed by atoms with Crippen molar-refractivity contribution in [2.45, 2.75) is 19.9 Å². The quantitative estimate of drug-likeness (QED) is 0.393. The maximum atomic E-state index is 12.6.